The minimum Gasteiger partial charge on any atom is -0.379 e. The summed E-state index contributed by atoms with van der Waals surface area (Å²) < 4.78 is 8.65. The van der Waals surface area contributed by atoms with Gasteiger partial charge in [0, 0.05) is 6.04 Å². The van der Waals surface area contributed by atoms with E-state index in [2.05, 4.69) is 27.9 Å². The quantitative estimate of drug-likeness (QED) is 0.881. The van der Waals surface area contributed by atoms with E-state index < -0.39 is 0 Å². The van der Waals surface area contributed by atoms with Crippen molar-refractivity contribution >= 4 is 40.0 Å². The van der Waals surface area contributed by atoms with Crippen LogP contribution in [-0.2, 0) is 0 Å². The SMILES string of the molecule is CC1CCC(Nc2c(Cl)ccc3nsnc23)C(C)C1. The molecule has 0 spiro atoms. The van der Waals surface area contributed by atoms with Crippen molar-refractivity contribution in [3.8, 4) is 0 Å². The minimum atomic E-state index is 0.487. The number of nitrogens with zero attached hydrogens (tertiary/aromatic N) is 2. The molecule has 0 amide bonds. The fraction of sp³-hybridized carbons (Fsp3) is 0.571. The van der Waals surface area contributed by atoms with Gasteiger partial charge in [0.2, 0.25) is 0 Å². The van der Waals surface area contributed by atoms with Crippen LogP contribution in [0.3, 0.4) is 0 Å². The maximum atomic E-state index is 6.33. The van der Waals surface area contributed by atoms with Crippen molar-refractivity contribution in [2.75, 3.05) is 5.32 Å². The van der Waals surface area contributed by atoms with E-state index in [-0.39, 0.29) is 0 Å². The number of aromatic nitrogens is 2. The van der Waals surface area contributed by atoms with Crippen LogP contribution in [0.1, 0.15) is 33.1 Å². The highest BCUT2D eigenvalue weighted by atomic mass is 35.5. The molecule has 1 aliphatic carbocycles. The van der Waals surface area contributed by atoms with E-state index in [4.69, 9.17) is 11.6 Å². The van der Waals surface area contributed by atoms with Gasteiger partial charge in [-0.05, 0) is 43.2 Å². The summed E-state index contributed by atoms with van der Waals surface area (Å²) in [6.45, 7) is 4.66. The van der Waals surface area contributed by atoms with E-state index in [1.54, 1.807) is 0 Å². The van der Waals surface area contributed by atoms with E-state index in [0.717, 1.165) is 27.7 Å². The predicted molar refractivity (Wildman–Crippen MR) is 82.0 cm³/mol. The summed E-state index contributed by atoms with van der Waals surface area (Å²) >= 11 is 7.57. The average molecular weight is 296 g/mol. The summed E-state index contributed by atoms with van der Waals surface area (Å²) in [6, 6.07) is 4.32. The fourth-order valence-corrected chi connectivity index (χ4v) is 3.78. The summed E-state index contributed by atoms with van der Waals surface area (Å²) in [5.74, 6) is 1.50. The van der Waals surface area contributed by atoms with Crippen molar-refractivity contribution in [1.82, 2.24) is 8.75 Å². The Kier molecular flexibility index (Phi) is 3.63. The first-order chi connectivity index (χ1) is 9.15. The van der Waals surface area contributed by atoms with E-state index in [1.807, 2.05) is 12.1 Å². The Balaban J connectivity index is 1.88. The Morgan fingerprint density at radius 3 is 2.89 bits per heavy atom. The van der Waals surface area contributed by atoms with Gasteiger partial charge >= 0.3 is 0 Å². The monoisotopic (exact) mass is 295 g/mol. The molecule has 2 aromatic rings. The molecule has 1 aromatic carbocycles. The van der Waals surface area contributed by atoms with Crippen LogP contribution in [-0.4, -0.2) is 14.8 Å². The van der Waals surface area contributed by atoms with Crippen LogP contribution in [0.2, 0.25) is 5.02 Å². The van der Waals surface area contributed by atoms with Gasteiger partial charge in [-0.25, -0.2) is 0 Å². The Morgan fingerprint density at radius 1 is 1.26 bits per heavy atom. The highest BCUT2D eigenvalue weighted by molar-refractivity contribution is 7.00. The Bertz CT molecular complexity index is 583. The van der Waals surface area contributed by atoms with Crippen LogP contribution in [0.5, 0.6) is 0 Å². The van der Waals surface area contributed by atoms with Crippen molar-refractivity contribution in [3.63, 3.8) is 0 Å². The van der Waals surface area contributed by atoms with Crippen LogP contribution in [0.4, 0.5) is 5.69 Å². The minimum absolute atomic E-state index is 0.487. The molecule has 102 valence electrons. The molecule has 0 bridgehead atoms. The third-order valence-electron chi connectivity index (χ3n) is 4.14. The Labute approximate surface area is 122 Å². The van der Waals surface area contributed by atoms with E-state index in [0.29, 0.717) is 12.0 Å². The zero-order valence-corrected chi connectivity index (χ0v) is 12.8. The molecule has 3 unspecified atom stereocenters. The summed E-state index contributed by atoms with van der Waals surface area (Å²) in [7, 11) is 0. The Hall–Kier alpha value is -0.870. The second-order valence-electron chi connectivity index (χ2n) is 5.70. The molecule has 0 aliphatic heterocycles. The fourth-order valence-electron chi connectivity index (χ4n) is 3.03. The summed E-state index contributed by atoms with van der Waals surface area (Å²) in [4.78, 5) is 0. The zero-order chi connectivity index (χ0) is 13.4. The van der Waals surface area contributed by atoms with Gasteiger partial charge in [0.25, 0.3) is 0 Å². The second kappa shape index (κ2) is 5.25. The lowest BCUT2D eigenvalue weighted by Gasteiger charge is -2.34. The van der Waals surface area contributed by atoms with E-state index in [9.17, 15) is 0 Å². The molecule has 19 heavy (non-hydrogen) atoms. The van der Waals surface area contributed by atoms with Crippen molar-refractivity contribution in [2.45, 2.75) is 39.2 Å². The standard InChI is InChI=1S/C14H18ClN3S/c1-8-3-5-11(9(2)7-8)16-13-10(15)4-6-12-14(13)18-19-17-12/h4,6,8-9,11,16H,3,5,7H2,1-2H3. The van der Waals surface area contributed by atoms with Gasteiger partial charge < -0.3 is 5.32 Å². The molecular weight excluding hydrogens is 278 g/mol. The molecule has 0 saturated heterocycles. The molecule has 1 aromatic heterocycles. The predicted octanol–water partition coefficient (Wildman–Crippen LogP) is 4.58. The van der Waals surface area contributed by atoms with Gasteiger partial charge in [0.1, 0.15) is 11.0 Å². The molecule has 3 nitrogen and oxygen atoms in total. The van der Waals surface area contributed by atoms with Gasteiger partial charge in [0.05, 0.1) is 22.4 Å². The Morgan fingerprint density at radius 2 is 2.11 bits per heavy atom. The molecule has 0 radical (unpaired) electrons. The number of nitrogens with one attached hydrogen (secondary N) is 1. The third kappa shape index (κ3) is 2.56. The lowest BCUT2D eigenvalue weighted by Crippen LogP contribution is -2.33. The number of halogens is 1. The number of hydrogen-bond donors (Lipinski definition) is 1. The van der Waals surface area contributed by atoms with Gasteiger partial charge in [0.15, 0.2) is 0 Å². The topological polar surface area (TPSA) is 37.8 Å². The molecule has 1 saturated carbocycles. The van der Waals surface area contributed by atoms with E-state index >= 15 is 0 Å². The van der Waals surface area contributed by atoms with Gasteiger partial charge in [-0.15, -0.1) is 0 Å². The number of rotatable bonds is 2. The van der Waals surface area contributed by atoms with Gasteiger partial charge in [-0.3, -0.25) is 0 Å². The summed E-state index contributed by atoms with van der Waals surface area (Å²) in [5.41, 5.74) is 2.79. The van der Waals surface area contributed by atoms with Crippen molar-refractivity contribution in [3.05, 3.63) is 17.2 Å². The average Bonchev–Trinajstić information content (AvgIpc) is 2.84. The van der Waals surface area contributed by atoms with Gasteiger partial charge in [-0.1, -0.05) is 25.4 Å². The molecule has 1 heterocycles. The third-order valence-corrected chi connectivity index (χ3v) is 5.00. The maximum absolute atomic E-state index is 6.33. The highest BCUT2D eigenvalue weighted by Crippen LogP contribution is 2.35. The van der Waals surface area contributed by atoms with Crippen LogP contribution >= 0.6 is 23.3 Å². The number of fused-ring (bicyclic) bond motifs is 1. The lowest BCUT2D eigenvalue weighted by atomic mass is 9.80. The molecule has 1 aliphatic rings. The number of hydrogen-bond acceptors (Lipinski definition) is 4. The van der Waals surface area contributed by atoms with Crippen molar-refractivity contribution < 1.29 is 0 Å². The lowest BCUT2D eigenvalue weighted by molar-refractivity contribution is 0.276. The highest BCUT2D eigenvalue weighted by Gasteiger charge is 2.26. The summed E-state index contributed by atoms with van der Waals surface area (Å²) in [5, 5.41) is 4.36. The van der Waals surface area contributed by atoms with Gasteiger partial charge in [-0.2, -0.15) is 8.75 Å². The first-order valence-electron chi connectivity index (χ1n) is 6.82. The summed E-state index contributed by atoms with van der Waals surface area (Å²) in [6.07, 6.45) is 3.76. The maximum Gasteiger partial charge on any atom is 0.129 e. The smallest absolute Gasteiger partial charge is 0.129 e. The van der Waals surface area contributed by atoms with Crippen LogP contribution in [0.15, 0.2) is 12.1 Å². The molecule has 1 N–H and O–H groups in total. The molecule has 1 fully saturated rings. The first-order valence-corrected chi connectivity index (χ1v) is 7.93. The zero-order valence-electron chi connectivity index (χ0n) is 11.2. The van der Waals surface area contributed by atoms with E-state index in [1.165, 1.54) is 31.0 Å². The first kappa shape index (κ1) is 13.1. The number of benzene rings is 1. The molecule has 3 atom stereocenters. The number of anilines is 1. The normalized spacial score (nSPS) is 27.6. The second-order valence-corrected chi connectivity index (χ2v) is 6.64. The molecular formula is C14H18ClN3S. The van der Waals surface area contributed by atoms with Crippen LogP contribution < -0.4 is 5.32 Å². The van der Waals surface area contributed by atoms with Crippen LogP contribution in [0, 0.1) is 11.8 Å². The molecule has 3 rings (SSSR count). The van der Waals surface area contributed by atoms with Crippen molar-refractivity contribution in [2.24, 2.45) is 11.8 Å². The molecule has 5 heteroatoms. The largest absolute Gasteiger partial charge is 0.379 e. The van der Waals surface area contributed by atoms with Crippen molar-refractivity contribution in [1.29, 1.82) is 0 Å². The van der Waals surface area contributed by atoms with Crippen LogP contribution in [0.25, 0.3) is 11.0 Å².